The molecule has 0 aromatic rings. The Hall–Kier alpha value is -0.120. The smallest absolute Gasteiger partial charge is 0.107 e. The largest absolute Gasteiger partial charge is 0.376 e. The predicted molar refractivity (Wildman–Crippen MR) is 40.4 cm³/mol. The first-order valence-electron chi connectivity index (χ1n) is 3.47. The van der Waals surface area contributed by atoms with Gasteiger partial charge >= 0.3 is 0 Å². The normalized spacial score (nSPS) is 12.6. The van der Waals surface area contributed by atoms with E-state index < -0.39 is 0 Å². The molecule has 0 heterocycles. The van der Waals surface area contributed by atoms with Gasteiger partial charge in [-0.2, -0.15) is 0 Å². The van der Waals surface area contributed by atoms with Crippen molar-refractivity contribution in [3.05, 3.63) is 0 Å². The fourth-order valence-corrected chi connectivity index (χ4v) is 0.401. The third-order valence-corrected chi connectivity index (χ3v) is 1.08. The van der Waals surface area contributed by atoms with E-state index in [-0.39, 0.29) is 11.7 Å². The Labute approximate surface area is 62.4 Å². The lowest BCUT2D eigenvalue weighted by Crippen LogP contribution is -2.34. The van der Waals surface area contributed by atoms with E-state index in [1.54, 1.807) is 0 Å². The molecule has 3 nitrogen and oxygen atoms in total. The molecule has 0 aliphatic carbocycles. The maximum Gasteiger partial charge on any atom is 0.107 e. The highest BCUT2D eigenvalue weighted by atomic mass is 16.6. The van der Waals surface area contributed by atoms with Crippen LogP contribution in [0.1, 0.15) is 27.7 Å². The molecule has 0 atom stereocenters. The molecule has 0 fully saturated rings. The molecule has 62 valence electrons. The van der Waals surface area contributed by atoms with Gasteiger partial charge in [-0.15, -0.1) is 0 Å². The lowest BCUT2D eigenvalue weighted by atomic mass is 10.2. The van der Waals surface area contributed by atoms with Gasteiger partial charge in [0, 0.05) is 0 Å². The van der Waals surface area contributed by atoms with Gasteiger partial charge in [0.2, 0.25) is 0 Å². The Kier molecular flexibility index (Phi) is 3.86. The highest BCUT2D eigenvalue weighted by Crippen LogP contribution is 2.06. The van der Waals surface area contributed by atoms with E-state index in [0.29, 0.717) is 6.61 Å². The molecule has 0 aliphatic heterocycles. The summed E-state index contributed by atoms with van der Waals surface area (Å²) in [4.78, 5) is 4.66. The minimum absolute atomic E-state index is 0.231. The van der Waals surface area contributed by atoms with Gasteiger partial charge in [0.15, 0.2) is 0 Å². The molecule has 0 bridgehead atoms. The molecule has 0 aliphatic rings. The van der Waals surface area contributed by atoms with Crippen molar-refractivity contribution in [2.24, 2.45) is 5.90 Å². The van der Waals surface area contributed by atoms with Crippen molar-refractivity contribution in [1.29, 1.82) is 0 Å². The summed E-state index contributed by atoms with van der Waals surface area (Å²) in [6.45, 7) is 8.26. The summed E-state index contributed by atoms with van der Waals surface area (Å²) >= 11 is 0. The van der Waals surface area contributed by atoms with Crippen molar-refractivity contribution in [3.63, 3.8) is 0 Å². The summed E-state index contributed by atoms with van der Waals surface area (Å²) in [6, 6.07) is 0. The van der Waals surface area contributed by atoms with E-state index in [4.69, 9.17) is 10.6 Å². The maximum atomic E-state index is 5.29. The van der Waals surface area contributed by atoms with E-state index in [1.165, 1.54) is 0 Å². The second-order valence-electron chi connectivity index (χ2n) is 3.24. The van der Waals surface area contributed by atoms with Gasteiger partial charge in [-0.3, -0.25) is 4.84 Å². The third kappa shape index (κ3) is 4.73. The number of nitrogens with two attached hydrogens (primary N) is 1. The van der Waals surface area contributed by atoms with Gasteiger partial charge in [-0.05, 0) is 27.7 Å². The van der Waals surface area contributed by atoms with Crippen LogP contribution >= 0.6 is 0 Å². The Morgan fingerprint density at radius 2 is 1.90 bits per heavy atom. The van der Waals surface area contributed by atoms with Gasteiger partial charge < -0.3 is 4.74 Å². The molecule has 0 saturated heterocycles. The van der Waals surface area contributed by atoms with E-state index >= 15 is 0 Å². The predicted octanol–water partition coefficient (Wildman–Crippen LogP) is 1.08. The Morgan fingerprint density at radius 1 is 1.40 bits per heavy atom. The van der Waals surface area contributed by atoms with Crippen LogP contribution in [0, 0.1) is 0 Å². The molecule has 0 saturated carbocycles. The van der Waals surface area contributed by atoms with Crippen LogP contribution in [-0.2, 0) is 9.57 Å². The van der Waals surface area contributed by atoms with Crippen molar-refractivity contribution in [3.8, 4) is 0 Å². The van der Waals surface area contributed by atoms with Crippen LogP contribution in [0.5, 0.6) is 0 Å². The molecule has 0 radical (unpaired) electrons. The van der Waals surface area contributed by atoms with Gasteiger partial charge in [-0.25, -0.2) is 5.90 Å². The van der Waals surface area contributed by atoms with Crippen molar-refractivity contribution in [1.82, 2.24) is 0 Å². The lowest BCUT2D eigenvalue weighted by molar-refractivity contribution is -0.0899. The first-order chi connectivity index (χ1) is 4.48. The summed E-state index contributed by atoms with van der Waals surface area (Å²) in [6.07, 6.45) is 0.231. The number of hydrogen-bond donors (Lipinski definition) is 1. The van der Waals surface area contributed by atoms with Crippen molar-refractivity contribution < 1.29 is 9.57 Å². The zero-order valence-electron chi connectivity index (χ0n) is 7.18. The molecule has 0 rings (SSSR count). The Balaban J connectivity index is 3.46. The zero-order chi connectivity index (χ0) is 8.20. The molecular weight excluding hydrogens is 130 g/mol. The van der Waals surface area contributed by atoms with Crippen LogP contribution in [0.4, 0.5) is 0 Å². The summed E-state index contributed by atoms with van der Waals surface area (Å²) < 4.78 is 5.29. The Morgan fingerprint density at radius 3 is 2.20 bits per heavy atom. The quantitative estimate of drug-likeness (QED) is 0.605. The summed E-state index contributed by atoms with van der Waals surface area (Å²) in [5.74, 6) is 5.01. The van der Waals surface area contributed by atoms with Crippen molar-refractivity contribution in [2.75, 3.05) is 6.61 Å². The summed E-state index contributed by atoms with van der Waals surface area (Å²) in [5.41, 5.74) is -0.371. The van der Waals surface area contributed by atoms with E-state index in [0.717, 1.165) is 0 Å². The van der Waals surface area contributed by atoms with Crippen LogP contribution in [0.2, 0.25) is 0 Å². The molecule has 2 N–H and O–H groups in total. The molecule has 0 amide bonds. The molecular formula is C7H17NO2. The van der Waals surface area contributed by atoms with Gasteiger partial charge in [-0.1, -0.05) is 0 Å². The monoisotopic (exact) mass is 147 g/mol. The molecule has 0 unspecified atom stereocenters. The fraction of sp³-hybridized carbons (Fsp3) is 1.00. The van der Waals surface area contributed by atoms with Crippen LogP contribution in [-0.4, -0.2) is 18.3 Å². The topological polar surface area (TPSA) is 44.5 Å². The van der Waals surface area contributed by atoms with Crippen molar-refractivity contribution in [2.45, 2.75) is 39.4 Å². The molecule has 10 heavy (non-hydrogen) atoms. The highest BCUT2D eigenvalue weighted by molar-refractivity contribution is 4.65. The van der Waals surface area contributed by atoms with Gasteiger partial charge in [0.25, 0.3) is 0 Å². The summed E-state index contributed by atoms with van der Waals surface area (Å²) in [5, 5.41) is 0. The first-order valence-corrected chi connectivity index (χ1v) is 3.47. The number of ether oxygens (including phenoxy) is 1. The average Bonchev–Trinajstić information content (AvgIpc) is 1.85. The number of hydrogen-bond acceptors (Lipinski definition) is 3. The summed E-state index contributed by atoms with van der Waals surface area (Å²) in [7, 11) is 0. The molecule has 0 aromatic carbocycles. The van der Waals surface area contributed by atoms with Gasteiger partial charge in [0.05, 0.1) is 12.7 Å². The van der Waals surface area contributed by atoms with E-state index in [2.05, 4.69) is 4.84 Å². The minimum Gasteiger partial charge on any atom is -0.376 e. The fourth-order valence-electron chi connectivity index (χ4n) is 0.401. The molecule has 0 spiro atoms. The van der Waals surface area contributed by atoms with E-state index in [9.17, 15) is 0 Å². The molecule has 3 heteroatoms. The van der Waals surface area contributed by atoms with Gasteiger partial charge in [0.1, 0.15) is 5.60 Å². The lowest BCUT2D eigenvalue weighted by Gasteiger charge is -2.22. The maximum absolute atomic E-state index is 5.29. The van der Waals surface area contributed by atoms with Crippen LogP contribution in [0.3, 0.4) is 0 Å². The minimum atomic E-state index is -0.371. The average molecular weight is 147 g/mol. The second-order valence-corrected chi connectivity index (χ2v) is 3.24. The molecule has 0 aromatic heterocycles. The highest BCUT2D eigenvalue weighted by Gasteiger charge is 2.17. The SMILES string of the molecule is CC(C)OCC(C)(C)ON. The number of rotatable bonds is 4. The Bertz CT molecular complexity index is 91.6. The first kappa shape index (κ1) is 9.88. The van der Waals surface area contributed by atoms with E-state index in [1.807, 2.05) is 27.7 Å². The van der Waals surface area contributed by atoms with Crippen LogP contribution in [0.15, 0.2) is 0 Å². The van der Waals surface area contributed by atoms with Crippen molar-refractivity contribution >= 4 is 0 Å². The zero-order valence-corrected chi connectivity index (χ0v) is 7.18. The third-order valence-electron chi connectivity index (χ3n) is 1.08. The van der Waals surface area contributed by atoms with Crippen LogP contribution < -0.4 is 5.90 Å². The standard InChI is InChI=1S/C7H17NO2/c1-6(2)9-5-7(3,4)10-8/h6H,5,8H2,1-4H3. The second kappa shape index (κ2) is 3.91. The van der Waals surface area contributed by atoms with Crippen LogP contribution in [0.25, 0.3) is 0 Å².